The van der Waals surface area contributed by atoms with Crippen molar-refractivity contribution in [1.82, 2.24) is 0 Å². The summed E-state index contributed by atoms with van der Waals surface area (Å²) < 4.78 is 33.6. The molecule has 0 spiro atoms. The maximum Gasteiger partial charge on any atom is 0.262 e. The number of aryl methyl sites for hydroxylation is 1. The maximum absolute atomic E-state index is 12.8. The lowest BCUT2D eigenvalue weighted by atomic mass is 10.2. The minimum absolute atomic E-state index is 0.0764. The van der Waals surface area contributed by atoms with Crippen molar-refractivity contribution in [2.24, 2.45) is 0 Å². The molecule has 6 nitrogen and oxygen atoms in total. The van der Waals surface area contributed by atoms with Crippen molar-refractivity contribution >= 4 is 27.3 Å². The maximum atomic E-state index is 12.8. The number of benzene rings is 2. The number of hydrogen-bond donors (Lipinski definition) is 1. The van der Waals surface area contributed by atoms with Gasteiger partial charge in [0.1, 0.15) is 5.75 Å². The Balaban J connectivity index is 1.88. The summed E-state index contributed by atoms with van der Waals surface area (Å²) in [5, 5.41) is 0. The molecule has 1 N–H and O–H groups in total. The third-order valence-electron chi connectivity index (χ3n) is 4.27. The Bertz CT molecular complexity index is 925. The van der Waals surface area contributed by atoms with Gasteiger partial charge < -0.3 is 9.64 Å². The first-order valence-corrected chi connectivity index (χ1v) is 10.1. The molecule has 138 valence electrons. The van der Waals surface area contributed by atoms with E-state index >= 15 is 0 Å². The molecule has 0 atom stereocenters. The molecule has 0 bridgehead atoms. The summed E-state index contributed by atoms with van der Waals surface area (Å²) in [5.74, 6) is 0.557. The minimum Gasteiger partial charge on any atom is -0.492 e. The highest BCUT2D eigenvalue weighted by Gasteiger charge is 2.24. The van der Waals surface area contributed by atoms with E-state index in [1.807, 2.05) is 13.8 Å². The van der Waals surface area contributed by atoms with Crippen molar-refractivity contribution in [1.29, 1.82) is 0 Å². The summed E-state index contributed by atoms with van der Waals surface area (Å²) in [4.78, 5) is 13.8. The molecule has 1 aliphatic rings. The number of rotatable bonds is 6. The van der Waals surface area contributed by atoms with Gasteiger partial charge in [-0.2, -0.15) is 0 Å². The normalized spacial score (nSPS) is 14.5. The summed E-state index contributed by atoms with van der Waals surface area (Å²) in [6, 6.07) is 11.7. The van der Waals surface area contributed by atoms with Gasteiger partial charge in [-0.15, -0.1) is 0 Å². The van der Waals surface area contributed by atoms with E-state index < -0.39 is 10.0 Å². The second kappa shape index (κ2) is 7.37. The molecule has 0 aliphatic carbocycles. The van der Waals surface area contributed by atoms with Crippen LogP contribution in [0.25, 0.3) is 0 Å². The molecule has 1 amide bonds. The lowest BCUT2D eigenvalue weighted by Crippen LogP contribution is -2.24. The van der Waals surface area contributed by atoms with Gasteiger partial charge in [0.05, 0.1) is 17.2 Å². The molecule has 0 aromatic heterocycles. The average molecular weight is 374 g/mol. The molecule has 3 rings (SSSR count). The predicted octanol–water partition coefficient (Wildman–Crippen LogP) is 3.32. The molecule has 1 fully saturated rings. The number of carbonyl (C=O) groups excluding carboxylic acids is 1. The van der Waals surface area contributed by atoms with Gasteiger partial charge in [-0.05, 0) is 56.2 Å². The Hall–Kier alpha value is -2.54. The van der Waals surface area contributed by atoms with Gasteiger partial charge >= 0.3 is 0 Å². The number of sulfonamides is 1. The van der Waals surface area contributed by atoms with Crippen LogP contribution in [-0.4, -0.2) is 27.5 Å². The molecule has 0 saturated carbocycles. The van der Waals surface area contributed by atoms with Crippen LogP contribution in [0.3, 0.4) is 0 Å². The second-order valence-electron chi connectivity index (χ2n) is 6.13. The van der Waals surface area contributed by atoms with Crippen LogP contribution in [0.5, 0.6) is 5.75 Å². The van der Waals surface area contributed by atoms with E-state index in [1.54, 1.807) is 41.3 Å². The quantitative estimate of drug-likeness (QED) is 0.842. The number of hydrogen-bond acceptors (Lipinski definition) is 4. The van der Waals surface area contributed by atoms with E-state index in [9.17, 15) is 13.2 Å². The van der Waals surface area contributed by atoms with Crippen molar-refractivity contribution in [3.63, 3.8) is 0 Å². The molecule has 2 aromatic rings. The van der Waals surface area contributed by atoms with Gasteiger partial charge in [-0.3, -0.25) is 9.52 Å². The Morgan fingerprint density at radius 2 is 1.96 bits per heavy atom. The highest BCUT2D eigenvalue weighted by Crippen LogP contribution is 2.30. The van der Waals surface area contributed by atoms with Crippen molar-refractivity contribution in [3.05, 3.63) is 48.0 Å². The van der Waals surface area contributed by atoms with Gasteiger partial charge in [0, 0.05) is 18.7 Å². The zero-order valence-electron chi connectivity index (χ0n) is 14.9. The first kappa shape index (κ1) is 18.3. The van der Waals surface area contributed by atoms with Gasteiger partial charge in [-0.25, -0.2) is 8.42 Å². The lowest BCUT2D eigenvalue weighted by molar-refractivity contribution is -0.117. The standard InChI is InChI=1S/C19H22N2O4S/c1-3-25-18-8-5-4-7-16(18)20-26(23,24)15-10-11-17(14(2)13-15)21-12-6-9-19(21)22/h4-5,7-8,10-11,13,20H,3,6,9,12H2,1-2H3. The number of para-hydroxylation sites is 2. The first-order valence-electron chi connectivity index (χ1n) is 8.58. The Kier molecular flexibility index (Phi) is 5.18. The summed E-state index contributed by atoms with van der Waals surface area (Å²) in [6.45, 7) is 4.77. The van der Waals surface area contributed by atoms with Crippen LogP contribution in [0, 0.1) is 6.92 Å². The second-order valence-corrected chi connectivity index (χ2v) is 7.81. The fourth-order valence-corrected chi connectivity index (χ4v) is 4.19. The monoisotopic (exact) mass is 374 g/mol. The number of nitrogens with zero attached hydrogens (tertiary/aromatic N) is 1. The topological polar surface area (TPSA) is 75.7 Å². The molecule has 1 aliphatic heterocycles. The SMILES string of the molecule is CCOc1ccccc1NS(=O)(=O)c1ccc(N2CCCC2=O)c(C)c1. The number of ether oxygens (including phenoxy) is 1. The number of carbonyl (C=O) groups is 1. The molecular weight excluding hydrogens is 352 g/mol. The summed E-state index contributed by atoms with van der Waals surface area (Å²) in [7, 11) is -3.76. The van der Waals surface area contributed by atoms with E-state index in [4.69, 9.17) is 4.74 Å². The average Bonchev–Trinajstić information content (AvgIpc) is 3.02. The third-order valence-corrected chi connectivity index (χ3v) is 5.64. The largest absolute Gasteiger partial charge is 0.492 e. The Morgan fingerprint density at radius 3 is 2.62 bits per heavy atom. The molecule has 1 saturated heterocycles. The van der Waals surface area contributed by atoms with Gasteiger partial charge in [-0.1, -0.05) is 12.1 Å². The van der Waals surface area contributed by atoms with Crippen LogP contribution < -0.4 is 14.4 Å². The molecule has 1 heterocycles. The van der Waals surface area contributed by atoms with Crippen molar-refractivity contribution in [2.75, 3.05) is 22.8 Å². The van der Waals surface area contributed by atoms with E-state index in [0.717, 1.165) is 17.7 Å². The first-order chi connectivity index (χ1) is 12.4. The Labute approximate surface area is 153 Å². The number of anilines is 2. The van der Waals surface area contributed by atoms with Crippen LogP contribution in [0.15, 0.2) is 47.4 Å². The van der Waals surface area contributed by atoms with Crippen LogP contribution in [0.2, 0.25) is 0 Å². The van der Waals surface area contributed by atoms with Crippen LogP contribution in [0.1, 0.15) is 25.3 Å². The molecule has 0 unspecified atom stereocenters. The van der Waals surface area contributed by atoms with E-state index in [2.05, 4.69) is 4.72 Å². The van der Waals surface area contributed by atoms with E-state index in [1.165, 1.54) is 6.07 Å². The smallest absolute Gasteiger partial charge is 0.262 e. The molecule has 7 heteroatoms. The third kappa shape index (κ3) is 3.67. The molecule has 2 aromatic carbocycles. The summed E-state index contributed by atoms with van der Waals surface area (Å²) in [6.07, 6.45) is 1.36. The summed E-state index contributed by atoms with van der Waals surface area (Å²) in [5.41, 5.74) is 1.91. The fraction of sp³-hybridized carbons (Fsp3) is 0.316. The highest BCUT2D eigenvalue weighted by molar-refractivity contribution is 7.92. The number of amides is 1. The highest BCUT2D eigenvalue weighted by atomic mass is 32.2. The van der Waals surface area contributed by atoms with E-state index in [-0.39, 0.29) is 10.8 Å². The van der Waals surface area contributed by atoms with E-state index in [0.29, 0.717) is 31.0 Å². The minimum atomic E-state index is -3.76. The Morgan fingerprint density at radius 1 is 1.19 bits per heavy atom. The predicted molar refractivity (Wildman–Crippen MR) is 101 cm³/mol. The summed E-state index contributed by atoms with van der Waals surface area (Å²) >= 11 is 0. The van der Waals surface area contributed by atoms with Crippen molar-refractivity contribution in [3.8, 4) is 5.75 Å². The van der Waals surface area contributed by atoms with Gasteiger partial charge in [0.25, 0.3) is 10.0 Å². The zero-order valence-corrected chi connectivity index (χ0v) is 15.7. The zero-order chi connectivity index (χ0) is 18.7. The fourth-order valence-electron chi connectivity index (χ4n) is 3.04. The lowest BCUT2D eigenvalue weighted by Gasteiger charge is -2.19. The van der Waals surface area contributed by atoms with Crippen molar-refractivity contribution in [2.45, 2.75) is 31.6 Å². The van der Waals surface area contributed by atoms with Crippen LogP contribution in [0.4, 0.5) is 11.4 Å². The van der Waals surface area contributed by atoms with Gasteiger partial charge in [0.2, 0.25) is 5.91 Å². The van der Waals surface area contributed by atoms with Gasteiger partial charge in [0.15, 0.2) is 0 Å². The van der Waals surface area contributed by atoms with Crippen molar-refractivity contribution < 1.29 is 17.9 Å². The number of nitrogens with one attached hydrogen (secondary N) is 1. The molecule has 26 heavy (non-hydrogen) atoms. The molecule has 0 radical (unpaired) electrons. The van der Waals surface area contributed by atoms with Crippen LogP contribution >= 0.6 is 0 Å². The molecular formula is C19H22N2O4S. The van der Waals surface area contributed by atoms with Crippen LogP contribution in [-0.2, 0) is 14.8 Å².